The van der Waals surface area contributed by atoms with Crippen molar-refractivity contribution in [2.75, 3.05) is 39.4 Å². The van der Waals surface area contributed by atoms with Gasteiger partial charge in [0.05, 0.1) is 25.8 Å². The van der Waals surface area contributed by atoms with E-state index in [-0.39, 0.29) is 35.8 Å². The van der Waals surface area contributed by atoms with Crippen molar-refractivity contribution in [1.29, 1.82) is 0 Å². The molecular formula is C19H32FIN4O. The third-order valence-corrected chi connectivity index (χ3v) is 4.51. The summed E-state index contributed by atoms with van der Waals surface area (Å²) >= 11 is 0. The predicted octanol–water partition coefficient (Wildman–Crippen LogP) is 3.30. The number of unbranched alkanes of at least 4 members (excludes halogenated alkanes) is 3. The van der Waals surface area contributed by atoms with Gasteiger partial charge in [-0.3, -0.25) is 9.89 Å². The Balaban J connectivity index is 0.00000338. The minimum Gasteiger partial charge on any atom is -0.379 e. The van der Waals surface area contributed by atoms with Crippen LogP contribution in [-0.2, 0) is 4.74 Å². The van der Waals surface area contributed by atoms with E-state index < -0.39 is 0 Å². The highest BCUT2D eigenvalue weighted by atomic mass is 127. The Morgan fingerprint density at radius 3 is 2.58 bits per heavy atom. The highest BCUT2D eigenvalue weighted by Crippen LogP contribution is 2.22. The molecule has 3 N–H and O–H groups in total. The van der Waals surface area contributed by atoms with E-state index in [0.717, 1.165) is 31.6 Å². The molecule has 0 saturated carbocycles. The molecular weight excluding hydrogens is 446 g/mol. The molecule has 5 nitrogen and oxygen atoms in total. The van der Waals surface area contributed by atoms with Gasteiger partial charge in [0.25, 0.3) is 0 Å². The number of benzene rings is 1. The van der Waals surface area contributed by atoms with Crippen molar-refractivity contribution in [2.24, 2.45) is 10.7 Å². The standard InChI is InChI=1S/C19H31FN4O.HI/c1-2-3-4-5-10-22-19(21)23-15-18(24-11-13-25-14-12-24)16-6-8-17(20)9-7-16;/h6-9,18H,2-5,10-15H2,1H3,(H3,21,22,23);1H. The molecule has 1 heterocycles. The third-order valence-electron chi connectivity index (χ3n) is 4.51. The molecule has 0 amide bonds. The number of aliphatic imine (C=N–C) groups is 1. The highest BCUT2D eigenvalue weighted by Gasteiger charge is 2.22. The normalized spacial score (nSPS) is 16.8. The lowest BCUT2D eigenvalue weighted by atomic mass is 10.0. The summed E-state index contributed by atoms with van der Waals surface area (Å²) in [6, 6.07) is 6.76. The Labute approximate surface area is 173 Å². The van der Waals surface area contributed by atoms with Crippen LogP contribution in [0, 0.1) is 5.82 Å². The summed E-state index contributed by atoms with van der Waals surface area (Å²) in [6.07, 6.45) is 4.79. The second-order valence-corrected chi connectivity index (χ2v) is 6.43. The Morgan fingerprint density at radius 2 is 1.92 bits per heavy atom. The summed E-state index contributed by atoms with van der Waals surface area (Å²) < 4.78 is 18.7. The van der Waals surface area contributed by atoms with Crippen LogP contribution in [0.5, 0.6) is 0 Å². The van der Waals surface area contributed by atoms with Crippen LogP contribution in [-0.4, -0.2) is 50.3 Å². The summed E-state index contributed by atoms with van der Waals surface area (Å²) in [6.45, 7) is 6.74. The van der Waals surface area contributed by atoms with E-state index in [9.17, 15) is 4.39 Å². The number of rotatable bonds is 9. The van der Waals surface area contributed by atoms with Crippen molar-refractivity contribution in [2.45, 2.75) is 38.6 Å². The molecule has 1 unspecified atom stereocenters. The van der Waals surface area contributed by atoms with Gasteiger partial charge in [-0.1, -0.05) is 38.3 Å². The molecule has 0 aromatic heterocycles. The number of hydrogen-bond donors (Lipinski definition) is 2. The van der Waals surface area contributed by atoms with Gasteiger partial charge in [-0.25, -0.2) is 4.39 Å². The van der Waals surface area contributed by atoms with E-state index in [1.54, 1.807) is 0 Å². The maximum absolute atomic E-state index is 13.2. The lowest BCUT2D eigenvalue weighted by Gasteiger charge is -2.34. The van der Waals surface area contributed by atoms with E-state index in [4.69, 9.17) is 10.5 Å². The fourth-order valence-corrected chi connectivity index (χ4v) is 3.01. The molecule has 0 radical (unpaired) electrons. The summed E-state index contributed by atoms with van der Waals surface area (Å²) in [5, 5.41) is 3.18. The van der Waals surface area contributed by atoms with E-state index in [1.165, 1.54) is 31.4 Å². The molecule has 2 rings (SSSR count). The van der Waals surface area contributed by atoms with Crippen molar-refractivity contribution in [3.8, 4) is 0 Å². The molecule has 0 spiro atoms. The average Bonchev–Trinajstić information content (AvgIpc) is 2.64. The van der Waals surface area contributed by atoms with Crippen LogP contribution in [0.1, 0.15) is 44.2 Å². The average molecular weight is 478 g/mol. The summed E-state index contributed by atoms with van der Waals surface area (Å²) in [7, 11) is 0. The largest absolute Gasteiger partial charge is 0.379 e. The molecule has 1 atom stereocenters. The molecule has 0 aliphatic carbocycles. The Kier molecular flexibility index (Phi) is 11.8. The summed E-state index contributed by atoms with van der Waals surface area (Å²) in [4.78, 5) is 6.85. The summed E-state index contributed by atoms with van der Waals surface area (Å²) in [5.74, 6) is 0.262. The first-order valence-electron chi connectivity index (χ1n) is 9.31. The van der Waals surface area contributed by atoms with Crippen LogP contribution in [0.15, 0.2) is 29.3 Å². The molecule has 0 bridgehead atoms. The molecule has 26 heavy (non-hydrogen) atoms. The molecule has 1 aliphatic heterocycles. The van der Waals surface area contributed by atoms with Gasteiger partial charge < -0.3 is 15.8 Å². The van der Waals surface area contributed by atoms with Gasteiger partial charge >= 0.3 is 0 Å². The van der Waals surface area contributed by atoms with Gasteiger partial charge in [-0.15, -0.1) is 24.0 Å². The lowest BCUT2D eigenvalue weighted by molar-refractivity contribution is 0.0179. The monoisotopic (exact) mass is 478 g/mol. The maximum atomic E-state index is 13.2. The van der Waals surface area contributed by atoms with Gasteiger partial charge in [0, 0.05) is 19.6 Å². The number of halogens is 2. The molecule has 1 aromatic carbocycles. The number of hydrogen-bond acceptors (Lipinski definition) is 3. The smallest absolute Gasteiger partial charge is 0.188 e. The second-order valence-electron chi connectivity index (χ2n) is 6.43. The fourth-order valence-electron chi connectivity index (χ4n) is 3.01. The van der Waals surface area contributed by atoms with Crippen LogP contribution in [0.2, 0.25) is 0 Å². The Bertz CT molecular complexity index is 521. The maximum Gasteiger partial charge on any atom is 0.188 e. The van der Waals surface area contributed by atoms with Crippen LogP contribution in [0.4, 0.5) is 4.39 Å². The lowest BCUT2D eigenvalue weighted by Crippen LogP contribution is -2.41. The second kappa shape index (κ2) is 13.3. The number of morpholine rings is 1. The number of nitrogens with one attached hydrogen (secondary N) is 1. The van der Waals surface area contributed by atoms with E-state index in [0.29, 0.717) is 25.7 Å². The van der Waals surface area contributed by atoms with Crippen LogP contribution < -0.4 is 11.1 Å². The topological polar surface area (TPSA) is 62.9 Å². The molecule has 1 fully saturated rings. The van der Waals surface area contributed by atoms with Crippen LogP contribution in [0.3, 0.4) is 0 Å². The van der Waals surface area contributed by atoms with Crippen molar-refractivity contribution in [3.05, 3.63) is 35.6 Å². The predicted molar refractivity (Wildman–Crippen MR) is 116 cm³/mol. The number of nitrogens with two attached hydrogens (primary N) is 1. The van der Waals surface area contributed by atoms with E-state index in [1.807, 2.05) is 12.1 Å². The molecule has 7 heteroatoms. The third kappa shape index (κ3) is 8.18. The first kappa shape index (κ1) is 23.1. The van der Waals surface area contributed by atoms with E-state index >= 15 is 0 Å². The Morgan fingerprint density at radius 1 is 1.23 bits per heavy atom. The minimum atomic E-state index is -0.221. The van der Waals surface area contributed by atoms with Gasteiger partial charge in [-0.05, 0) is 24.1 Å². The van der Waals surface area contributed by atoms with Gasteiger partial charge in [0.1, 0.15) is 5.82 Å². The SMILES string of the molecule is CCCCCCNC(N)=NCC(c1ccc(F)cc1)N1CCOCC1.I. The number of ether oxygens (including phenoxy) is 1. The zero-order chi connectivity index (χ0) is 17.9. The Hall–Kier alpha value is -0.930. The number of nitrogens with zero attached hydrogens (tertiary/aromatic N) is 2. The fraction of sp³-hybridized carbons (Fsp3) is 0.632. The van der Waals surface area contributed by atoms with Gasteiger partial charge in [-0.2, -0.15) is 0 Å². The van der Waals surface area contributed by atoms with Crippen LogP contribution >= 0.6 is 24.0 Å². The summed E-state index contributed by atoms with van der Waals surface area (Å²) in [5.41, 5.74) is 7.06. The van der Waals surface area contributed by atoms with Gasteiger partial charge in [0.15, 0.2) is 5.96 Å². The zero-order valence-corrected chi connectivity index (χ0v) is 18.0. The zero-order valence-electron chi connectivity index (χ0n) is 15.6. The molecule has 1 aliphatic rings. The van der Waals surface area contributed by atoms with Gasteiger partial charge in [0.2, 0.25) is 0 Å². The first-order valence-corrected chi connectivity index (χ1v) is 9.31. The van der Waals surface area contributed by atoms with Crippen molar-refractivity contribution in [3.63, 3.8) is 0 Å². The number of guanidine groups is 1. The van der Waals surface area contributed by atoms with Crippen molar-refractivity contribution in [1.82, 2.24) is 10.2 Å². The highest BCUT2D eigenvalue weighted by molar-refractivity contribution is 14.0. The molecule has 1 aromatic rings. The molecule has 148 valence electrons. The minimum absolute atomic E-state index is 0. The van der Waals surface area contributed by atoms with Crippen molar-refractivity contribution < 1.29 is 9.13 Å². The van der Waals surface area contributed by atoms with Crippen molar-refractivity contribution >= 4 is 29.9 Å². The van der Waals surface area contributed by atoms with E-state index in [2.05, 4.69) is 22.1 Å². The van der Waals surface area contributed by atoms with Crippen LogP contribution in [0.25, 0.3) is 0 Å². The quantitative estimate of drug-likeness (QED) is 0.248. The first-order chi connectivity index (χ1) is 12.2. The molecule has 1 saturated heterocycles.